The van der Waals surface area contributed by atoms with Gasteiger partial charge in [-0.1, -0.05) is 6.07 Å². The average Bonchev–Trinajstić information content (AvgIpc) is 2.80. The SMILES string of the molecule is CCOc1cccc(OCC2CCNC2)c1.Cl. The summed E-state index contributed by atoms with van der Waals surface area (Å²) in [7, 11) is 0. The second-order valence-electron chi connectivity index (χ2n) is 4.08. The van der Waals surface area contributed by atoms with Crippen molar-refractivity contribution in [3.63, 3.8) is 0 Å². The first kappa shape index (κ1) is 14.1. The normalized spacial score (nSPS) is 18.5. The Labute approximate surface area is 109 Å². The molecule has 2 rings (SSSR count). The maximum atomic E-state index is 5.76. The van der Waals surface area contributed by atoms with E-state index >= 15 is 0 Å². The number of halogens is 1. The van der Waals surface area contributed by atoms with E-state index in [-0.39, 0.29) is 12.4 Å². The lowest BCUT2D eigenvalue weighted by Crippen LogP contribution is -2.15. The zero-order valence-corrected chi connectivity index (χ0v) is 11.0. The monoisotopic (exact) mass is 257 g/mol. The third kappa shape index (κ3) is 4.44. The highest BCUT2D eigenvalue weighted by atomic mass is 35.5. The maximum absolute atomic E-state index is 5.76. The van der Waals surface area contributed by atoms with Gasteiger partial charge in [0.1, 0.15) is 11.5 Å². The van der Waals surface area contributed by atoms with E-state index in [2.05, 4.69) is 5.32 Å². The van der Waals surface area contributed by atoms with Crippen molar-refractivity contribution in [2.45, 2.75) is 13.3 Å². The molecule has 0 spiro atoms. The Morgan fingerprint density at radius 1 is 1.29 bits per heavy atom. The van der Waals surface area contributed by atoms with Crippen molar-refractivity contribution >= 4 is 12.4 Å². The van der Waals surface area contributed by atoms with Gasteiger partial charge in [0.25, 0.3) is 0 Å². The fourth-order valence-electron chi connectivity index (χ4n) is 1.89. The molecule has 1 saturated heterocycles. The predicted molar refractivity (Wildman–Crippen MR) is 71.3 cm³/mol. The van der Waals surface area contributed by atoms with Crippen LogP contribution in [-0.2, 0) is 0 Å². The van der Waals surface area contributed by atoms with Crippen LogP contribution in [0.4, 0.5) is 0 Å². The summed E-state index contributed by atoms with van der Waals surface area (Å²) in [4.78, 5) is 0. The molecule has 0 aliphatic carbocycles. The molecule has 17 heavy (non-hydrogen) atoms. The van der Waals surface area contributed by atoms with Crippen molar-refractivity contribution in [1.29, 1.82) is 0 Å². The highest BCUT2D eigenvalue weighted by Crippen LogP contribution is 2.20. The molecule has 0 radical (unpaired) electrons. The number of hydrogen-bond acceptors (Lipinski definition) is 3. The Hall–Kier alpha value is -0.930. The molecule has 1 aliphatic rings. The van der Waals surface area contributed by atoms with Gasteiger partial charge in [-0.05, 0) is 32.0 Å². The summed E-state index contributed by atoms with van der Waals surface area (Å²) in [5.74, 6) is 2.43. The molecule has 0 saturated carbocycles. The number of nitrogens with one attached hydrogen (secondary N) is 1. The summed E-state index contributed by atoms with van der Waals surface area (Å²) in [6.07, 6.45) is 1.21. The van der Waals surface area contributed by atoms with Gasteiger partial charge in [-0.25, -0.2) is 0 Å². The van der Waals surface area contributed by atoms with Crippen LogP contribution < -0.4 is 14.8 Å². The molecule has 1 heterocycles. The van der Waals surface area contributed by atoms with Crippen molar-refractivity contribution in [3.8, 4) is 11.5 Å². The molecule has 0 aromatic heterocycles. The fourth-order valence-corrected chi connectivity index (χ4v) is 1.89. The minimum Gasteiger partial charge on any atom is -0.494 e. The van der Waals surface area contributed by atoms with Crippen LogP contribution in [0, 0.1) is 5.92 Å². The molecule has 4 heteroatoms. The van der Waals surface area contributed by atoms with Gasteiger partial charge in [0.2, 0.25) is 0 Å². The molecule has 3 nitrogen and oxygen atoms in total. The van der Waals surface area contributed by atoms with Crippen molar-refractivity contribution in [3.05, 3.63) is 24.3 Å². The molecule has 0 amide bonds. The van der Waals surface area contributed by atoms with Crippen LogP contribution in [0.3, 0.4) is 0 Å². The Morgan fingerprint density at radius 3 is 2.71 bits per heavy atom. The van der Waals surface area contributed by atoms with Crippen molar-refractivity contribution in [2.75, 3.05) is 26.3 Å². The number of ether oxygens (including phenoxy) is 2. The van der Waals surface area contributed by atoms with Crippen LogP contribution in [0.15, 0.2) is 24.3 Å². The van der Waals surface area contributed by atoms with E-state index in [4.69, 9.17) is 9.47 Å². The number of benzene rings is 1. The summed E-state index contributed by atoms with van der Waals surface area (Å²) < 4.78 is 11.2. The van der Waals surface area contributed by atoms with Gasteiger partial charge in [0, 0.05) is 18.5 Å². The first-order chi connectivity index (χ1) is 7.88. The van der Waals surface area contributed by atoms with Crippen molar-refractivity contribution in [2.24, 2.45) is 5.92 Å². The molecular formula is C13H20ClNO2. The Balaban J connectivity index is 0.00000144. The van der Waals surface area contributed by atoms with Crippen LogP contribution in [0.1, 0.15) is 13.3 Å². The third-order valence-corrected chi connectivity index (χ3v) is 2.76. The van der Waals surface area contributed by atoms with Crippen LogP contribution in [-0.4, -0.2) is 26.3 Å². The molecule has 1 aromatic rings. The predicted octanol–water partition coefficient (Wildman–Crippen LogP) is 2.50. The van der Waals surface area contributed by atoms with E-state index in [0.29, 0.717) is 12.5 Å². The van der Waals surface area contributed by atoms with Crippen LogP contribution >= 0.6 is 12.4 Å². The number of rotatable bonds is 5. The zero-order chi connectivity index (χ0) is 11.2. The quantitative estimate of drug-likeness (QED) is 0.879. The Bertz CT molecular complexity index is 327. The maximum Gasteiger partial charge on any atom is 0.122 e. The highest BCUT2D eigenvalue weighted by molar-refractivity contribution is 5.85. The molecule has 1 fully saturated rings. The standard InChI is InChI=1S/C13H19NO2.ClH/c1-2-15-12-4-3-5-13(8-12)16-10-11-6-7-14-9-11;/h3-5,8,11,14H,2,6-7,9-10H2,1H3;1H. The molecule has 0 bridgehead atoms. The third-order valence-electron chi connectivity index (χ3n) is 2.76. The Kier molecular flexibility index (Phi) is 6.16. The zero-order valence-electron chi connectivity index (χ0n) is 10.1. The summed E-state index contributed by atoms with van der Waals surface area (Å²) in [6.45, 7) is 5.66. The molecule has 1 unspecified atom stereocenters. The smallest absolute Gasteiger partial charge is 0.122 e. The minimum absolute atomic E-state index is 0. The van der Waals surface area contributed by atoms with E-state index in [1.807, 2.05) is 31.2 Å². The van der Waals surface area contributed by atoms with E-state index in [1.165, 1.54) is 6.42 Å². The summed E-state index contributed by atoms with van der Waals surface area (Å²) in [5.41, 5.74) is 0. The summed E-state index contributed by atoms with van der Waals surface area (Å²) >= 11 is 0. The van der Waals surface area contributed by atoms with E-state index in [0.717, 1.165) is 31.2 Å². The molecule has 1 atom stereocenters. The first-order valence-electron chi connectivity index (χ1n) is 5.95. The summed E-state index contributed by atoms with van der Waals surface area (Å²) in [5, 5.41) is 3.34. The van der Waals surface area contributed by atoms with E-state index < -0.39 is 0 Å². The molecular weight excluding hydrogens is 238 g/mol. The second-order valence-corrected chi connectivity index (χ2v) is 4.08. The largest absolute Gasteiger partial charge is 0.494 e. The molecule has 1 aromatic carbocycles. The van der Waals surface area contributed by atoms with Gasteiger partial charge >= 0.3 is 0 Å². The van der Waals surface area contributed by atoms with Gasteiger partial charge in [-0.15, -0.1) is 12.4 Å². The van der Waals surface area contributed by atoms with Crippen LogP contribution in [0.5, 0.6) is 11.5 Å². The lowest BCUT2D eigenvalue weighted by atomic mass is 10.1. The first-order valence-corrected chi connectivity index (χ1v) is 5.95. The van der Waals surface area contributed by atoms with Gasteiger partial charge in [-0.3, -0.25) is 0 Å². The lowest BCUT2D eigenvalue weighted by molar-refractivity contribution is 0.258. The van der Waals surface area contributed by atoms with Crippen molar-refractivity contribution < 1.29 is 9.47 Å². The average molecular weight is 258 g/mol. The molecule has 96 valence electrons. The van der Waals surface area contributed by atoms with E-state index in [9.17, 15) is 0 Å². The molecule has 1 aliphatic heterocycles. The topological polar surface area (TPSA) is 30.5 Å². The van der Waals surface area contributed by atoms with Crippen molar-refractivity contribution in [1.82, 2.24) is 5.32 Å². The van der Waals surface area contributed by atoms with E-state index in [1.54, 1.807) is 0 Å². The highest BCUT2D eigenvalue weighted by Gasteiger charge is 2.14. The Morgan fingerprint density at radius 2 is 2.06 bits per heavy atom. The summed E-state index contributed by atoms with van der Waals surface area (Å²) in [6, 6.07) is 7.84. The molecule has 1 N–H and O–H groups in total. The fraction of sp³-hybridized carbons (Fsp3) is 0.538. The van der Waals surface area contributed by atoms with Crippen LogP contribution in [0.2, 0.25) is 0 Å². The van der Waals surface area contributed by atoms with Crippen LogP contribution in [0.25, 0.3) is 0 Å². The van der Waals surface area contributed by atoms with Gasteiger partial charge in [0.05, 0.1) is 13.2 Å². The second kappa shape index (κ2) is 7.41. The van der Waals surface area contributed by atoms with Gasteiger partial charge in [0.15, 0.2) is 0 Å². The van der Waals surface area contributed by atoms with Gasteiger partial charge < -0.3 is 14.8 Å². The number of hydrogen-bond donors (Lipinski definition) is 1. The lowest BCUT2D eigenvalue weighted by Gasteiger charge is -2.11. The minimum atomic E-state index is 0. The van der Waals surface area contributed by atoms with Gasteiger partial charge in [-0.2, -0.15) is 0 Å².